The Morgan fingerprint density at radius 2 is 1.75 bits per heavy atom. The van der Waals surface area contributed by atoms with E-state index >= 15 is 0 Å². The van der Waals surface area contributed by atoms with Crippen LogP contribution in [0.15, 0.2) is 72.9 Å². The Bertz CT molecular complexity index is 1410. The molecule has 0 unspecified atom stereocenters. The van der Waals surface area contributed by atoms with Crippen molar-refractivity contribution in [3.05, 3.63) is 101 Å². The molecular formula is C28H27ClN4O2S. The second-order valence-corrected chi connectivity index (χ2v) is 9.50. The summed E-state index contributed by atoms with van der Waals surface area (Å²) in [7, 11) is 3.32. The fourth-order valence-electron chi connectivity index (χ4n) is 4.99. The van der Waals surface area contributed by atoms with Gasteiger partial charge in [-0.1, -0.05) is 17.7 Å². The third-order valence-corrected chi connectivity index (χ3v) is 7.18. The van der Waals surface area contributed by atoms with Gasteiger partial charge < -0.3 is 24.3 Å². The Balaban J connectivity index is 1.71. The van der Waals surface area contributed by atoms with Gasteiger partial charge in [-0.15, -0.1) is 0 Å². The predicted octanol–water partition coefficient (Wildman–Crippen LogP) is 6.34. The lowest BCUT2D eigenvalue weighted by Gasteiger charge is -2.29. The Morgan fingerprint density at radius 1 is 0.972 bits per heavy atom. The third kappa shape index (κ3) is 4.18. The van der Waals surface area contributed by atoms with Crippen molar-refractivity contribution in [3.8, 4) is 17.2 Å². The monoisotopic (exact) mass is 518 g/mol. The van der Waals surface area contributed by atoms with Crippen LogP contribution in [0.3, 0.4) is 0 Å². The van der Waals surface area contributed by atoms with Crippen LogP contribution < -0.4 is 19.7 Å². The minimum atomic E-state index is -0.180. The zero-order chi connectivity index (χ0) is 25.4. The Kier molecular flexibility index (Phi) is 6.60. The van der Waals surface area contributed by atoms with Gasteiger partial charge in [0, 0.05) is 34.4 Å². The standard InChI is InChI=1S/C28H27ClN4O2S/c1-17-15-22(18(2)32(17)20-10-8-19(29)9-11-20)27-26(23-7-5-6-14-30-23)31-28(36)33(27)24-16-21(34-3)12-13-25(24)35-4/h5-16,26-27H,1-4H3,(H,31,36)/t26-,27+/m1/s1. The van der Waals surface area contributed by atoms with E-state index in [1.54, 1.807) is 14.2 Å². The topological polar surface area (TPSA) is 51.6 Å². The number of thiocarbonyl (C=S) groups is 1. The number of benzene rings is 2. The highest BCUT2D eigenvalue weighted by Crippen LogP contribution is 2.47. The second-order valence-electron chi connectivity index (χ2n) is 8.67. The summed E-state index contributed by atoms with van der Waals surface area (Å²) in [6.45, 7) is 4.24. The largest absolute Gasteiger partial charge is 0.497 e. The van der Waals surface area contributed by atoms with E-state index in [0.29, 0.717) is 15.9 Å². The van der Waals surface area contributed by atoms with Crippen molar-refractivity contribution in [2.24, 2.45) is 0 Å². The van der Waals surface area contributed by atoms with Gasteiger partial charge in [0.25, 0.3) is 0 Å². The summed E-state index contributed by atoms with van der Waals surface area (Å²) >= 11 is 12.1. The van der Waals surface area contributed by atoms with Gasteiger partial charge >= 0.3 is 0 Å². The maximum absolute atomic E-state index is 6.16. The molecule has 0 radical (unpaired) electrons. The van der Waals surface area contributed by atoms with Gasteiger partial charge in [-0.3, -0.25) is 4.98 Å². The fourth-order valence-corrected chi connectivity index (χ4v) is 5.45. The first-order chi connectivity index (χ1) is 17.4. The van der Waals surface area contributed by atoms with Gasteiger partial charge in [-0.25, -0.2) is 0 Å². The zero-order valence-electron chi connectivity index (χ0n) is 20.5. The number of aromatic nitrogens is 2. The highest BCUT2D eigenvalue weighted by atomic mass is 35.5. The lowest BCUT2D eigenvalue weighted by atomic mass is 9.96. The summed E-state index contributed by atoms with van der Waals surface area (Å²) in [5, 5.41) is 4.83. The van der Waals surface area contributed by atoms with Gasteiger partial charge in [-0.2, -0.15) is 0 Å². The van der Waals surface area contributed by atoms with Gasteiger partial charge in [0.2, 0.25) is 0 Å². The molecule has 1 fully saturated rings. The number of rotatable bonds is 6. The summed E-state index contributed by atoms with van der Waals surface area (Å²) in [4.78, 5) is 6.79. The Hall–Kier alpha value is -3.55. The Morgan fingerprint density at radius 3 is 2.42 bits per heavy atom. The molecule has 184 valence electrons. The number of nitrogens with one attached hydrogen (secondary N) is 1. The van der Waals surface area contributed by atoms with Crippen molar-refractivity contribution < 1.29 is 9.47 Å². The normalized spacial score (nSPS) is 17.2. The van der Waals surface area contributed by atoms with Gasteiger partial charge in [0.05, 0.1) is 37.7 Å². The quantitative estimate of drug-likeness (QED) is 0.301. The molecule has 5 rings (SSSR count). The number of pyridine rings is 1. The molecule has 6 nitrogen and oxygen atoms in total. The summed E-state index contributed by atoms with van der Waals surface area (Å²) in [5.41, 5.74) is 6.14. The molecule has 0 bridgehead atoms. The van der Waals surface area contributed by atoms with E-state index in [1.807, 2.05) is 66.9 Å². The molecular weight excluding hydrogens is 492 g/mol. The molecule has 0 spiro atoms. The summed E-state index contributed by atoms with van der Waals surface area (Å²) in [5.74, 6) is 1.43. The van der Waals surface area contributed by atoms with E-state index in [-0.39, 0.29) is 12.1 Å². The molecule has 1 saturated heterocycles. The van der Waals surface area contributed by atoms with Crippen LogP contribution in [0.25, 0.3) is 5.69 Å². The first kappa shape index (κ1) is 24.2. The van der Waals surface area contributed by atoms with Crippen LogP contribution in [-0.4, -0.2) is 28.9 Å². The zero-order valence-corrected chi connectivity index (χ0v) is 22.1. The van der Waals surface area contributed by atoms with Crippen LogP contribution >= 0.6 is 23.8 Å². The number of hydrogen-bond acceptors (Lipinski definition) is 4. The van der Waals surface area contributed by atoms with E-state index in [1.165, 1.54) is 0 Å². The molecule has 2 atom stereocenters. The summed E-state index contributed by atoms with van der Waals surface area (Å²) < 4.78 is 13.5. The molecule has 8 heteroatoms. The van der Waals surface area contributed by atoms with Crippen molar-refractivity contribution in [2.45, 2.75) is 25.9 Å². The maximum Gasteiger partial charge on any atom is 0.174 e. The molecule has 1 aliphatic rings. The molecule has 1 N–H and O–H groups in total. The van der Waals surface area contributed by atoms with E-state index in [9.17, 15) is 0 Å². The molecule has 3 heterocycles. The highest BCUT2D eigenvalue weighted by Gasteiger charge is 2.43. The molecule has 4 aromatic rings. The Labute approximate surface area is 221 Å². The first-order valence-corrected chi connectivity index (χ1v) is 12.4. The number of ether oxygens (including phenoxy) is 2. The highest BCUT2D eigenvalue weighted by molar-refractivity contribution is 7.80. The van der Waals surface area contributed by atoms with Crippen LogP contribution in [0.2, 0.25) is 5.02 Å². The van der Waals surface area contributed by atoms with Crippen LogP contribution in [0.1, 0.15) is 34.7 Å². The summed E-state index contributed by atoms with van der Waals surface area (Å²) in [6.07, 6.45) is 1.81. The number of halogens is 1. The number of hydrogen-bond donors (Lipinski definition) is 1. The SMILES string of the molecule is COc1ccc(OC)c(N2C(=S)N[C@H](c3ccccn3)[C@@H]2c2cc(C)n(-c3ccc(Cl)cc3)c2C)c1. The van der Waals surface area contributed by atoms with Crippen LogP contribution in [0.5, 0.6) is 11.5 Å². The predicted molar refractivity (Wildman–Crippen MR) is 148 cm³/mol. The lowest BCUT2D eigenvalue weighted by molar-refractivity contribution is 0.403. The van der Waals surface area contributed by atoms with E-state index < -0.39 is 0 Å². The number of aryl methyl sites for hydroxylation is 1. The average Bonchev–Trinajstić information content (AvgIpc) is 3.39. The number of nitrogens with zero attached hydrogens (tertiary/aromatic N) is 3. The van der Waals surface area contributed by atoms with Crippen molar-refractivity contribution in [1.82, 2.24) is 14.9 Å². The van der Waals surface area contributed by atoms with Crippen molar-refractivity contribution in [3.63, 3.8) is 0 Å². The van der Waals surface area contributed by atoms with E-state index in [0.717, 1.165) is 39.8 Å². The fraction of sp³-hybridized carbons (Fsp3) is 0.214. The van der Waals surface area contributed by atoms with Crippen molar-refractivity contribution in [2.75, 3.05) is 19.1 Å². The average molecular weight is 519 g/mol. The maximum atomic E-state index is 6.16. The number of methoxy groups -OCH3 is 2. The van der Waals surface area contributed by atoms with Crippen LogP contribution in [-0.2, 0) is 0 Å². The van der Waals surface area contributed by atoms with Crippen molar-refractivity contribution >= 4 is 34.6 Å². The first-order valence-electron chi connectivity index (χ1n) is 11.6. The smallest absolute Gasteiger partial charge is 0.174 e. The van der Waals surface area contributed by atoms with E-state index in [4.69, 9.17) is 33.3 Å². The molecule has 0 saturated carbocycles. The molecule has 36 heavy (non-hydrogen) atoms. The van der Waals surface area contributed by atoms with Gasteiger partial charge in [0.1, 0.15) is 11.5 Å². The molecule has 1 aliphatic heterocycles. The van der Waals surface area contributed by atoms with Gasteiger partial charge in [0.15, 0.2) is 5.11 Å². The summed E-state index contributed by atoms with van der Waals surface area (Å²) in [6, 6.07) is 21.4. The minimum absolute atomic E-state index is 0.172. The number of anilines is 1. The van der Waals surface area contributed by atoms with Gasteiger partial charge in [-0.05, 0) is 86.2 Å². The third-order valence-electron chi connectivity index (χ3n) is 6.62. The van der Waals surface area contributed by atoms with E-state index in [2.05, 4.69) is 39.7 Å². The molecule has 0 aliphatic carbocycles. The molecule has 0 amide bonds. The lowest BCUT2D eigenvalue weighted by Crippen LogP contribution is -2.30. The van der Waals surface area contributed by atoms with Crippen LogP contribution in [0.4, 0.5) is 5.69 Å². The van der Waals surface area contributed by atoms with Crippen molar-refractivity contribution in [1.29, 1.82) is 0 Å². The molecule has 2 aromatic heterocycles. The second kappa shape index (κ2) is 9.84. The van der Waals surface area contributed by atoms with Crippen LogP contribution in [0, 0.1) is 13.8 Å². The molecule has 2 aromatic carbocycles. The minimum Gasteiger partial charge on any atom is -0.497 e.